The molecule has 0 aromatic heterocycles. The highest BCUT2D eigenvalue weighted by Gasteiger charge is 2.10. The van der Waals surface area contributed by atoms with E-state index in [4.69, 9.17) is 4.74 Å². The van der Waals surface area contributed by atoms with E-state index in [2.05, 4.69) is 5.32 Å². The Balaban J connectivity index is 2.65. The highest BCUT2D eigenvalue weighted by atomic mass is 19.1. The Hall–Kier alpha value is -1.16. The number of alkyl halides is 1. The molecule has 1 aromatic carbocycles. The SMILES string of the molecule is CCNC(C)c1ccc(OCCCF)cc1F. The third-order valence-corrected chi connectivity index (χ3v) is 2.50. The Bertz CT molecular complexity index is 344. The number of halogens is 2. The van der Waals surface area contributed by atoms with Gasteiger partial charge in [-0.15, -0.1) is 0 Å². The third kappa shape index (κ3) is 4.30. The first-order valence-electron chi connectivity index (χ1n) is 5.90. The topological polar surface area (TPSA) is 21.3 Å². The molecule has 0 saturated heterocycles. The average molecular weight is 243 g/mol. The minimum Gasteiger partial charge on any atom is -0.493 e. The lowest BCUT2D eigenvalue weighted by Crippen LogP contribution is -2.18. The minimum absolute atomic E-state index is 0.0279. The van der Waals surface area contributed by atoms with Crippen LogP contribution in [0.3, 0.4) is 0 Å². The minimum atomic E-state index is -0.419. The van der Waals surface area contributed by atoms with Crippen molar-refractivity contribution < 1.29 is 13.5 Å². The van der Waals surface area contributed by atoms with E-state index in [0.29, 0.717) is 17.7 Å². The monoisotopic (exact) mass is 243 g/mol. The van der Waals surface area contributed by atoms with Crippen molar-refractivity contribution in [2.75, 3.05) is 19.8 Å². The summed E-state index contributed by atoms with van der Waals surface area (Å²) in [6.45, 7) is 4.53. The van der Waals surface area contributed by atoms with Crippen LogP contribution in [0, 0.1) is 5.82 Å². The van der Waals surface area contributed by atoms with E-state index in [9.17, 15) is 8.78 Å². The van der Waals surface area contributed by atoms with Crippen molar-refractivity contribution in [1.82, 2.24) is 5.32 Å². The molecular weight excluding hydrogens is 224 g/mol. The smallest absolute Gasteiger partial charge is 0.131 e. The van der Waals surface area contributed by atoms with Crippen LogP contribution < -0.4 is 10.1 Å². The van der Waals surface area contributed by atoms with E-state index in [-0.39, 0.29) is 18.5 Å². The molecule has 0 amide bonds. The summed E-state index contributed by atoms with van der Waals surface area (Å²) in [7, 11) is 0. The first kappa shape index (κ1) is 13.9. The second-order valence-corrected chi connectivity index (χ2v) is 3.85. The maximum atomic E-state index is 13.7. The van der Waals surface area contributed by atoms with Crippen LogP contribution >= 0.6 is 0 Å². The van der Waals surface area contributed by atoms with Gasteiger partial charge in [-0.3, -0.25) is 4.39 Å². The average Bonchev–Trinajstić information content (AvgIpc) is 2.29. The van der Waals surface area contributed by atoms with Gasteiger partial charge in [0.05, 0.1) is 13.3 Å². The fraction of sp³-hybridized carbons (Fsp3) is 0.538. The van der Waals surface area contributed by atoms with Gasteiger partial charge in [-0.2, -0.15) is 0 Å². The van der Waals surface area contributed by atoms with E-state index in [1.54, 1.807) is 12.1 Å². The Kier molecular flexibility index (Phi) is 5.91. The lowest BCUT2D eigenvalue weighted by atomic mass is 10.1. The van der Waals surface area contributed by atoms with Crippen molar-refractivity contribution in [3.05, 3.63) is 29.6 Å². The summed E-state index contributed by atoms with van der Waals surface area (Å²) < 4.78 is 30.8. The van der Waals surface area contributed by atoms with Crippen LogP contribution in [-0.2, 0) is 0 Å². The number of ether oxygens (including phenoxy) is 1. The maximum absolute atomic E-state index is 13.7. The maximum Gasteiger partial charge on any atom is 0.131 e. The molecule has 0 radical (unpaired) electrons. The third-order valence-electron chi connectivity index (χ3n) is 2.50. The molecule has 1 aromatic rings. The van der Waals surface area contributed by atoms with Gasteiger partial charge in [0.1, 0.15) is 11.6 Å². The van der Waals surface area contributed by atoms with E-state index in [0.717, 1.165) is 6.54 Å². The summed E-state index contributed by atoms with van der Waals surface area (Å²) >= 11 is 0. The summed E-state index contributed by atoms with van der Waals surface area (Å²) in [4.78, 5) is 0. The molecule has 0 spiro atoms. The van der Waals surface area contributed by atoms with Crippen molar-refractivity contribution >= 4 is 0 Å². The number of nitrogens with one attached hydrogen (secondary N) is 1. The second kappa shape index (κ2) is 7.22. The molecule has 0 aliphatic carbocycles. The highest BCUT2D eigenvalue weighted by molar-refractivity contribution is 5.30. The zero-order valence-corrected chi connectivity index (χ0v) is 10.3. The van der Waals surface area contributed by atoms with Gasteiger partial charge in [-0.05, 0) is 19.5 Å². The van der Waals surface area contributed by atoms with Crippen molar-refractivity contribution in [2.24, 2.45) is 0 Å². The van der Waals surface area contributed by atoms with Gasteiger partial charge in [0, 0.05) is 24.1 Å². The van der Waals surface area contributed by atoms with Crippen LogP contribution in [0.5, 0.6) is 5.75 Å². The van der Waals surface area contributed by atoms with Crippen LogP contribution in [0.25, 0.3) is 0 Å². The molecule has 96 valence electrons. The molecule has 0 fully saturated rings. The molecule has 1 rings (SSSR count). The van der Waals surface area contributed by atoms with Gasteiger partial charge in [0.2, 0.25) is 0 Å². The molecule has 0 aliphatic heterocycles. The number of hydrogen-bond acceptors (Lipinski definition) is 2. The molecule has 17 heavy (non-hydrogen) atoms. The quantitative estimate of drug-likeness (QED) is 0.742. The molecular formula is C13H19F2NO. The van der Waals surface area contributed by atoms with Gasteiger partial charge >= 0.3 is 0 Å². The summed E-state index contributed by atoms with van der Waals surface area (Å²) in [5.41, 5.74) is 0.615. The number of hydrogen-bond donors (Lipinski definition) is 1. The summed E-state index contributed by atoms with van der Waals surface area (Å²) in [5.74, 6) is 0.152. The molecule has 1 unspecified atom stereocenters. The predicted molar refractivity (Wildman–Crippen MR) is 64.6 cm³/mol. The second-order valence-electron chi connectivity index (χ2n) is 3.85. The first-order valence-corrected chi connectivity index (χ1v) is 5.90. The van der Waals surface area contributed by atoms with Crippen LogP contribution in [0.4, 0.5) is 8.78 Å². The van der Waals surface area contributed by atoms with Crippen molar-refractivity contribution in [3.63, 3.8) is 0 Å². The van der Waals surface area contributed by atoms with Gasteiger partial charge in [-0.25, -0.2) is 4.39 Å². The van der Waals surface area contributed by atoms with Crippen molar-refractivity contribution in [2.45, 2.75) is 26.3 Å². The Morgan fingerprint density at radius 3 is 2.76 bits per heavy atom. The number of benzene rings is 1. The van der Waals surface area contributed by atoms with Crippen LogP contribution in [0.1, 0.15) is 31.9 Å². The molecule has 0 saturated carbocycles. The molecule has 0 aliphatic rings. The van der Waals surface area contributed by atoms with Crippen molar-refractivity contribution in [1.29, 1.82) is 0 Å². The molecule has 0 heterocycles. The van der Waals surface area contributed by atoms with Gasteiger partial charge < -0.3 is 10.1 Å². The molecule has 1 N–H and O–H groups in total. The first-order chi connectivity index (χ1) is 8.19. The van der Waals surface area contributed by atoms with Crippen LogP contribution in [0.2, 0.25) is 0 Å². The largest absolute Gasteiger partial charge is 0.493 e. The highest BCUT2D eigenvalue weighted by Crippen LogP contribution is 2.21. The van der Waals surface area contributed by atoms with E-state index in [1.165, 1.54) is 6.07 Å². The molecule has 2 nitrogen and oxygen atoms in total. The van der Waals surface area contributed by atoms with E-state index >= 15 is 0 Å². The Morgan fingerprint density at radius 2 is 2.18 bits per heavy atom. The Morgan fingerprint density at radius 1 is 1.41 bits per heavy atom. The van der Waals surface area contributed by atoms with Gasteiger partial charge in [0.15, 0.2) is 0 Å². The molecule has 1 atom stereocenters. The van der Waals surface area contributed by atoms with Crippen LogP contribution in [-0.4, -0.2) is 19.8 Å². The molecule has 4 heteroatoms. The number of rotatable bonds is 7. The molecule has 0 bridgehead atoms. The van der Waals surface area contributed by atoms with E-state index in [1.807, 2.05) is 13.8 Å². The fourth-order valence-corrected chi connectivity index (χ4v) is 1.61. The van der Waals surface area contributed by atoms with E-state index < -0.39 is 6.67 Å². The summed E-state index contributed by atoms with van der Waals surface area (Å²) in [5, 5.41) is 3.14. The Labute approximate surface area is 101 Å². The summed E-state index contributed by atoms with van der Waals surface area (Å²) in [6, 6.07) is 4.74. The van der Waals surface area contributed by atoms with Crippen molar-refractivity contribution in [3.8, 4) is 5.75 Å². The van der Waals surface area contributed by atoms with Gasteiger partial charge in [-0.1, -0.05) is 13.0 Å². The standard InChI is InChI=1S/C13H19F2NO/c1-3-16-10(2)12-6-5-11(9-13(12)15)17-8-4-7-14/h5-6,9-10,16H,3-4,7-8H2,1-2H3. The lowest BCUT2D eigenvalue weighted by Gasteiger charge is -2.14. The normalized spacial score (nSPS) is 12.5. The van der Waals surface area contributed by atoms with Gasteiger partial charge in [0.25, 0.3) is 0 Å². The zero-order chi connectivity index (χ0) is 12.7. The lowest BCUT2D eigenvalue weighted by molar-refractivity contribution is 0.288. The zero-order valence-electron chi connectivity index (χ0n) is 10.3. The predicted octanol–water partition coefficient (Wildman–Crippen LogP) is 3.23. The fourth-order valence-electron chi connectivity index (χ4n) is 1.61. The van der Waals surface area contributed by atoms with Crippen LogP contribution in [0.15, 0.2) is 18.2 Å². The summed E-state index contributed by atoms with van der Waals surface area (Å²) in [6.07, 6.45) is 0.331.